The number of carboxylic acid groups (broad SMARTS) is 1. The molecule has 1 atom stereocenters. The van der Waals surface area contributed by atoms with E-state index in [-0.39, 0.29) is 11.3 Å². The van der Waals surface area contributed by atoms with Crippen molar-refractivity contribution < 1.29 is 18.7 Å². The van der Waals surface area contributed by atoms with E-state index in [0.29, 0.717) is 5.02 Å². The second kappa shape index (κ2) is 6.39. The van der Waals surface area contributed by atoms with Crippen LogP contribution in [0.4, 0.5) is 5.69 Å². The zero-order chi connectivity index (χ0) is 12.0. The molecule has 0 saturated carbocycles. The van der Waals surface area contributed by atoms with Gasteiger partial charge in [0.25, 0.3) is 0 Å². The molecule has 0 amide bonds. The lowest BCUT2D eigenvalue weighted by atomic mass is 10.2. The van der Waals surface area contributed by atoms with Crippen molar-refractivity contribution in [1.29, 1.82) is 0 Å². The van der Waals surface area contributed by atoms with Crippen molar-refractivity contribution in [3.8, 4) is 0 Å². The Kier molecular flexibility index (Phi) is 5.92. The highest BCUT2D eigenvalue weighted by molar-refractivity contribution is 7.78. The molecule has 0 saturated heterocycles. The standard InChI is InChI=1S/C7H6ClNO2.CH4O2S/c8-4-1-2-6(9)5(3-4)7(10)11;1-4(2)3/h1-3H,9H2,(H,10,11);1H3,(H,2,3)/p-1. The second-order valence-electron chi connectivity index (χ2n) is 2.44. The van der Waals surface area contributed by atoms with E-state index in [4.69, 9.17) is 31.2 Å². The molecule has 7 heteroatoms. The lowest BCUT2D eigenvalue weighted by molar-refractivity contribution is 0.0698. The molecule has 0 heterocycles. The van der Waals surface area contributed by atoms with E-state index >= 15 is 0 Å². The summed E-state index contributed by atoms with van der Waals surface area (Å²) in [6.07, 6.45) is 1.08. The van der Waals surface area contributed by atoms with Gasteiger partial charge in [0.05, 0.1) is 5.56 Å². The molecule has 15 heavy (non-hydrogen) atoms. The summed E-state index contributed by atoms with van der Waals surface area (Å²) in [4.78, 5) is 10.4. The third kappa shape index (κ3) is 6.05. The van der Waals surface area contributed by atoms with E-state index in [9.17, 15) is 4.79 Å². The maximum atomic E-state index is 10.4. The first-order valence-corrected chi connectivity index (χ1v) is 5.50. The van der Waals surface area contributed by atoms with Gasteiger partial charge in [0.15, 0.2) is 0 Å². The minimum Gasteiger partial charge on any atom is -0.773 e. The van der Waals surface area contributed by atoms with E-state index in [2.05, 4.69) is 0 Å². The fourth-order valence-electron chi connectivity index (χ4n) is 0.714. The first-order chi connectivity index (χ1) is 6.84. The van der Waals surface area contributed by atoms with Crippen LogP contribution >= 0.6 is 11.6 Å². The summed E-state index contributed by atoms with van der Waals surface area (Å²) in [6.45, 7) is 0. The topological polar surface area (TPSA) is 103 Å². The van der Waals surface area contributed by atoms with E-state index in [1.165, 1.54) is 12.1 Å². The monoisotopic (exact) mass is 250 g/mol. The summed E-state index contributed by atoms with van der Waals surface area (Å²) < 4.78 is 18.0. The Bertz CT molecular complexity index is 379. The number of anilines is 1. The Morgan fingerprint density at radius 2 is 2.07 bits per heavy atom. The quantitative estimate of drug-likeness (QED) is 0.574. The van der Waals surface area contributed by atoms with Crippen molar-refractivity contribution in [2.75, 3.05) is 12.0 Å². The molecule has 1 unspecified atom stereocenters. The maximum Gasteiger partial charge on any atom is 0.337 e. The largest absolute Gasteiger partial charge is 0.773 e. The van der Waals surface area contributed by atoms with Gasteiger partial charge in [-0.2, -0.15) is 0 Å². The van der Waals surface area contributed by atoms with Gasteiger partial charge in [0, 0.05) is 10.7 Å². The van der Waals surface area contributed by atoms with Crippen LogP contribution in [-0.2, 0) is 11.1 Å². The number of nitrogen functional groups attached to an aromatic ring is 1. The predicted octanol–water partition coefficient (Wildman–Crippen LogP) is 1.12. The number of halogens is 1. The van der Waals surface area contributed by atoms with Crippen LogP contribution in [0.25, 0.3) is 0 Å². The molecule has 0 aromatic heterocycles. The number of nitrogens with two attached hydrogens (primary N) is 1. The number of carbonyl (C=O) groups is 1. The Balaban J connectivity index is 0.000000423. The molecule has 1 aromatic rings. The SMILES string of the molecule is CS(=O)[O-].Nc1ccc(Cl)cc1C(=O)O. The number of aromatic carboxylic acids is 1. The predicted molar refractivity (Wildman–Crippen MR) is 57.7 cm³/mol. The Labute approximate surface area is 94.1 Å². The minimum absolute atomic E-state index is 0.0394. The summed E-state index contributed by atoms with van der Waals surface area (Å²) in [7, 11) is 0. The molecular weight excluding hydrogens is 242 g/mol. The summed E-state index contributed by atoms with van der Waals surface area (Å²) in [5, 5.41) is 8.92. The van der Waals surface area contributed by atoms with Crippen LogP contribution < -0.4 is 5.73 Å². The number of benzene rings is 1. The van der Waals surface area contributed by atoms with Crippen molar-refractivity contribution in [2.45, 2.75) is 0 Å². The van der Waals surface area contributed by atoms with Crippen molar-refractivity contribution in [2.24, 2.45) is 0 Å². The van der Waals surface area contributed by atoms with Crippen LogP contribution in [0.3, 0.4) is 0 Å². The summed E-state index contributed by atoms with van der Waals surface area (Å²) in [6, 6.07) is 4.33. The van der Waals surface area contributed by atoms with Crippen molar-refractivity contribution in [1.82, 2.24) is 0 Å². The van der Waals surface area contributed by atoms with Gasteiger partial charge in [-0.25, -0.2) is 4.79 Å². The fraction of sp³-hybridized carbons (Fsp3) is 0.125. The summed E-state index contributed by atoms with van der Waals surface area (Å²) in [5.41, 5.74) is 5.61. The smallest absolute Gasteiger partial charge is 0.337 e. The molecule has 84 valence electrons. The van der Waals surface area contributed by atoms with Crippen LogP contribution in [0.15, 0.2) is 18.2 Å². The Morgan fingerprint density at radius 3 is 2.40 bits per heavy atom. The molecule has 1 rings (SSSR count). The first kappa shape index (κ1) is 13.9. The van der Waals surface area contributed by atoms with Gasteiger partial charge >= 0.3 is 5.97 Å². The van der Waals surface area contributed by atoms with Gasteiger partial charge in [0.2, 0.25) is 0 Å². The van der Waals surface area contributed by atoms with Gasteiger partial charge in [-0.3, -0.25) is 4.21 Å². The Hall–Kier alpha value is -1.11. The number of hydrogen-bond donors (Lipinski definition) is 2. The number of carboxylic acids is 1. The van der Waals surface area contributed by atoms with Gasteiger partial charge in [0.1, 0.15) is 0 Å². The molecule has 1 aromatic carbocycles. The van der Waals surface area contributed by atoms with E-state index in [0.717, 1.165) is 6.26 Å². The maximum absolute atomic E-state index is 10.4. The fourth-order valence-corrected chi connectivity index (χ4v) is 0.886. The third-order valence-electron chi connectivity index (χ3n) is 1.25. The normalized spacial score (nSPS) is 11.1. The lowest BCUT2D eigenvalue weighted by Gasteiger charge is -1.99. The molecular formula is C8H9ClNO4S-. The Morgan fingerprint density at radius 1 is 1.60 bits per heavy atom. The van der Waals surface area contributed by atoms with Crippen molar-refractivity contribution in [3.05, 3.63) is 28.8 Å². The van der Waals surface area contributed by atoms with E-state index < -0.39 is 17.0 Å². The summed E-state index contributed by atoms with van der Waals surface area (Å²) >= 11 is 3.68. The van der Waals surface area contributed by atoms with Crippen LogP contribution in [0, 0.1) is 0 Å². The molecule has 0 radical (unpaired) electrons. The lowest BCUT2D eigenvalue weighted by Crippen LogP contribution is -2.01. The van der Waals surface area contributed by atoms with Gasteiger partial charge in [-0.15, -0.1) is 0 Å². The second-order valence-corrected chi connectivity index (χ2v) is 3.68. The molecule has 0 aliphatic rings. The van der Waals surface area contributed by atoms with Crippen LogP contribution in [-0.4, -0.2) is 26.1 Å². The van der Waals surface area contributed by atoms with E-state index in [1.54, 1.807) is 6.07 Å². The minimum atomic E-state index is -1.86. The highest BCUT2D eigenvalue weighted by Gasteiger charge is 2.06. The third-order valence-corrected chi connectivity index (χ3v) is 1.48. The average Bonchev–Trinajstić information content (AvgIpc) is 2.08. The zero-order valence-electron chi connectivity index (χ0n) is 7.77. The van der Waals surface area contributed by atoms with Crippen LogP contribution in [0.1, 0.15) is 10.4 Å². The molecule has 0 aliphatic heterocycles. The molecule has 5 nitrogen and oxygen atoms in total. The number of hydrogen-bond acceptors (Lipinski definition) is 4. The van der Waals surface area contributed by atoms with Gasteiger partial charge in [-0.1, -0.05) is 22.7 Å². The van der Waals surface area contributed by atoms with E-state index in [1.807, 2.05) is 0 Å². The molecule has 3 N–H and O–H groups in total. The average molecular weight is 251 g/mol. The highest BCUT2D eigenvalue weighted by atomic mass is 35.5. The first-order valence-electron chi connectivity index (χ1n) is 3.64. The molecule has 0 aliphatic carbocycles. The highest BCUT2D eigenvalue weighted by Crippen LogP contribution is 2.17. The van der Waals surface area contributed by atoms with Crippen molar-refractivity contribution in [3.63, 3.8) is 0 Å². The van der Waals surface area contributed by atoms with Crippen molar-refractivity contribution >= 4 is 34.3 Å². The molecule has 0 spiro atoms. The zero-order valence-corrected chi connectivity index (χ0v) is 9.34. The van der Waals surface area contributed by atoms with Crippen LogP contribution in [0.5, 0.6) is 0 Å². The molecule has 0 fully saturated rings. The van der Waals surface area contributed by atoms with Crippen LogP contribution in [0.2, 0.25) is 5.02 Å². The van der Waals surface area contributed by atoms with Gasteiger partial charge < -0.3 is 15.4 Å². The summed E-state index contributed by atoms with van der Waals surface area (Å²) in [5.74, 6) is -1.06. The number of rotatable bonds is 1. The molecule has 0 bridgehead atoms. The van der Waals surface area contributed by atoms with Gasteiger partial charge in [-0.05, 0) is 24.5 Å².